The first-order valence-corrected chi connectivity index (χ1v) is 6.38. The lowest BCUT2D eigenvalue weighted by atomic mass is 10.2. The number of ether oxygens (including phenoxy) is 1. The fourth-order valence-corrected chi connectivity index (χ4v) is 1.90. The van der Waals surface area contributed by atoms with Crippen LogP contribution in [0.1, 0.15) is 24.8 Å². The third-order valence-corrected chi connectivity index (χ3v) is 2.91. The van der Waals surface area contributed by atoms with Crippen molar-refractivity contribution in [1.29, 1.82) is 0 Å². The molecule has 0 aliphatic rings. The van der Waals surface area contributed by atoms with Crippen molar-refractivity contribution >= 4 is 0 Å². The summed E-state index contributed by atoms with van der Waals surface area (Å²) in [6.07, 6.45) is 3.36. The van der Waals surface area contributed by atoms with Crippen molar-refractivity contribution in [3.05, 3.63) is 29.6 Å². The smallest absolute Gasteiger partial charge is 0.165 e. The molecule has 1 rings (SSSR count). The number of halogens is 1. The Labute approximate surface area is 109 Å². The summed E-state index contributed by atoms with van der Waals surface area (Å²) in [5.41, 5.74) is 6.41. The van der Waals surface area contributed by atoms with E-state index in [1.807, 2.05) is 13.1 Å². The highest BCUT2D eigenvalue weighted by Crippen LogP contribution is 2.18. The molecule has 0 bridgehead atoms. The highest BCUT2D eigenvalue weighted by atomic mass is 19.1. The highest BCUT2D eigenvalue weighted by molar-refractivity contribution is 5.29. The molecule has 0 fully saturated rings. The standard InChI is InChI=1S/C14H23FN2O/c1-17(9-5-3-4-8-16)11-12-6-7-14(18-2)13(15)10-12/h6-7,10H,3-5,8-9,11,16H2,1-2H3. The first-order chi connectivity index (χ1) is 8.67. The van der Waals surface area contributed by atoms with Gasteiger partial charge in [0.1, 0.15) is 0 Å². The topological polar surface area (TPSA) is 38.5 Å². The van der Waals surface area contributed by atoms with Crippen LogP contribution in [0.3, 0.4) is 0 Å². The van der Waals surface area contributed by atoms with Gasteiger partial charge in [0.25, 0.3) is 0 Å². The SMILES string of the molecule is COc1ccc(CN(C)CCCCCN)cc1F. The Morgan fingerprint density at radius 3 is 2.67 bits per heavy atom. The second-order valence-electron chi connectivity index (χ2n) is 4.56. The summed E-state index contributed by atoms with van der Waals surface area (Å²) in [5, 5.41) is 0. The van der Waals surface area contributed by atoms with Gasteiger partial charge in [-0.15, -0.1) is 0 Å². The summed E-state index contributed by atoms with van der Waals surface area (Å²) < 4.78 is 18.4. The van der Waals surface area contributed by atoms with E-state index in [1.54, 1.807) is 6.07 Å². The van der Waals surface area contributed by atoms with Gasteiger partial charge in [-0.1, -0.05) is 12.5 Å². The molecule has 0 radical (unpaired) electrons. The Balaban J connectivity index is 2.39. The Kier molecular flexibility index (Phi) is 6.68. The lowest BCUT2D eigenvalue weighted by Gasteiger charge is -2.16. The first-order valence-electron chi connectivity index (χ1n) is 6.38. The summed E-state index contributed by atoms with van der Waals surface area (Å²) in [4.78, 5) is 2.19. The van der Waals surface area contributed by atoms with E-state index in [1.165, 1.54) is 13.2 Å². The second-order valence-corrected chi connectivity index (χ2v) is 4.56. The lowest BCUT2D eigenvalue weighted by Crippen LogP contribution is -2.19. The van der Waals surface area contributed by atoms with Crippen LogP contribution in [-0.4, -0.2) is 32.1 Å². The van der Waals surface area contributed by atoms with Crippen LogP contribution in [0, 0.1) is 5.82 Å². The molecule has 18 heavy (non-hydrogen) atoms. The number of benzene rings is 1. The fourth-order valence-electron chi connectivity index (χ4n) is 1.90. The van der Waals surface area contributed by atoms with E-state index in [-0.39, 0.29) is 5.82 Å². The van der Waals surface area contributed by atoms with Gasteiger partial charge in [0.05, 0.1) is 7.11 Å². The van der Waals surface area contributed by atoms with Gasteiger partial charge < -0.3 is 15.4 Å². The number of hydrogen-bond donors (Lipinski definition) is 1. The summed E-state index contributed by atoms with van der Waals surface area (Å²) in [7, 11) is 3.52. The molecule has 0 amide bonds. The van der Waals surface area contributed by atoms with Gasteiger partial charge in [0.15, 0.2) is 11.6 Å². The van der Waals surface area contributed by atoms with Gasteiger partial charge in [-0.3, -0.25) is 0 Å². The van der Waals surface area contributed by atoms with E-state index in [0.29, 0.717) is 5.75 Å². The molecular formula is C14H23FN2O. The summed E-state index contributed by atoms with van der Waals surface area (Å²) in [5.74, 6) is -0.00381. The van der Waals surface area contributed by atoms with Crippen LogP contribution in [-0.2, 0) is 6.54 Å². The Morgan fingerprint density at radius 1 is 1.28 bits per heavy atom. The zero-order valence-corrected chi connectivity index (χ0v) is 11.3. The number of methoxy groups -OCH3 is 1. The Bertz CT molecular complexity index is 358. The zero-order valence-electron chi connectivity index (χ0n) is 11.3. The van der Waals surface area contributed by atoms with Crippen molar-refractivity contribution in [2.45, 2.75) is 25.8 Å². The molecule has 3 nitrogen and oxygen atoms in total. The van der Waals surface area contributed by atoms with Crippen molar-refractivity contribution < 1.29 is 9.13 Å². The third kappa shape index (κ3) is 5.02. The molecule has 0 spiro atoms. The van der Waals surface area contributed by atoms with Crippen LogP contribution in [0.15, 0.2) is 18.2 Å². The highest BCUT2D eigenvalue weighted by Gasteiger charge is 2.05. The summed E-state index contributed by atoms with van der Waals surface area (Å²) >= 11 is 0. The van der Waals surface area contributed by atoms with Crippen LogP contribution in [0.2, 0.25) is 0 Å². The molecule has 0 saturated heterocycles. The van der Waals surface area contributed by atoms with Gasteiger partial charge in [-0.05, 0) is 50.7 Å². The zero-order chi connectivity index (χ0) is 13.4. The van der Waals surface area contributed by atoms with Crippen LogP contribution in [0.5, 0.6) is 5.75 Å². The minimum absolute atomic E-state index is 0.296. The molecule has 0 atom stereocenters. The number of nitrogens with zero attached hydrogens (tertiary/aromatic N) is 1. The molecule has 0 heterocycles. The minimum atomic E-state index is -0.300. The van der Waals surface area contributed by atoms with Crippen molar-refractivity contribution in [2.75, 3.05) is 27.2 Å². The van der Waals surface area contributed by atoms with E-state index < -0.39 is 0 Å². The number of nitrogens with two attached hydrogens (primary N) is 1. The maximum absolute atomic E-state index is 13.5. The molecule has 0 saturated carbocycles. The lowest BCUT2D eigenvalue weighted by molar-refractivity contribution is 0.316. The van der Waals surface area contributed by atoms with Crippen molar-refractivity contribution in [3.8, 4) is 5.75 Å². The molecule has 102 valence electrons. The Hall–Kier alpha value is -1.13. The quantitative estimate of drug-likeness (QED) is 0.724. The van der Waals surface area contributed by atoms with Crippen LogP contribution in [0.4, 0.5) is 4.39 Å². The van der Waals surface area contributed by atoms with Crippen LogP contribution in [0.25, 0.3) is 0 Å². The van der Waals surface area contributed by atoms with Gasteiger partial charge in [-0.25, -0.2) is 4.39 Å². The molecule has 2 N–H and O–H groups in total. The molecule has 4 heteroatoms. The summed E-state index contributed by atoms with van der Waals surface area (Å²) in [6.45, 7) is 2.52. The van der Waals surface area contributed by atoms with Gasteiger partial charge in [0.2, 0.25) is 0 Å². The average molecular weight is 254 g/mol. The Morgan fingerprint density at radius 2 is 2.06 bits per heavy atom. The van der Waals surface area contributed by atoms with Crippen molar-refractivity contribution in [3.63, 3.8) is 0 Å². The predicted molar refractivity (Wildman–Crippen MR) is 72.2 cm³/mol. The predicted octanol–water partition coefficient (Wildman–Crippen LogP) is 2.40. The van der Waals surface area contributed by atoms with E-state index in [0.717, 1.165) is 44.5 Å². The molecular weight excluding hydrogens is 231 g/mol. The van der Waals surface area contributed by atoms with E-state index >= 15 is 0 Å². The second kappa shape index (κ2) is 8.06. The van der Waals surface area contributed by atoms with E-state index in [9.17, 15) is 4.39 Å². The number of rotatable bonds is 8. The number of hydrogen-bond acceptors (Lipinski definition) is 3. The maximum Gasteiger partial charge on any atom is 0.165 e. The third-order valence-electron chi connectivity index (χ3n) is 2.91. The molecule has 1 aromatic carbocycles. The average Bonchev–Trinajstić information content (AvgIpc) is 2.35. The number of unbranched alkanes of at least 4 members (excludes halogenated alkanes) is 2. The normalized spacial score (nSPS) is 10.9. The van der Waals surface area contributed by atoms with E-state index in [4.69, 9.17) is 10.5 Å². The molecule has 1 aromatic rings. The first kappa shape index (κ1) is 14.9. The maximum atomic E-state index is 13.5. The van der Waals surface area contributed by atoms with Crippen LogP contribution < -0.4 is 10.5 Å². The molecule has 0 aromatic heterocycles. The molecule has 0 aliphatic heterocycles. The minimum Gasteiger partial charge on any atom is -0.494 e. The van der Waals surface area contributed by atoms with Crippen molar-refractivity contribution in [2.24, 2.45) is 5.73 Å². The largest absolute Gasteiger partial charge is 0.494 e. The monoisotopic (exact) mass is 254 g/mol. The molecule has 0 aliphatic carbocycles. The van der Waals surface area contributed by atoms with Gasteiger partial charge >= 0.3 is 0 Å². The van der Waals surface area contributed by atoms with Gasteiger partial charge in [-0.2, -0.15) is 0 Å². The fraction of sp³-hybridized carbons (Fsp3) is 0.571. The molecule has 0 unspecified atom stereocenters. The van der Waals surface area contributed by atoms with Crippen molar-refractivity contribution in [1.82, 2.24) is 4.90 Å². The van der Waals surface area contributed by atoms with Crippen LogP contribution >= 0.6 is 0 Å². The van der Waals surface area contributed by atoms with Gasteiger partial charge in [0, 0.05) is 6.54 Å². The van der Waals surface area contributed by atoms with E-state index in [2.05, 4.69) is 4.90 Å². The summed E-state index contributed by atoms with van der Waals surface area (Å²) in [6, 6.07) is 5.11.